The van der Waals surface area contributed by atoms with Crippen LogP contribution in [0.4, 0.5) is 0 Å². The van der Waals surface area contributed by atoms with E-state index >= 15 is 0 Å². The van der Waals surface area contributed by atoms with E-state index in [1.54, 1.807) is 32.9 Å². The number of hydrogen-bond donors (Lipinski definition) is 1. The highest BCUT2D eigenvalue weighted by molar-refractivity contribution is 5.92. The highest BCUT2D eigenvalue weighted by Crippen LogP contribution is 2.50. The van der Waals surface area contributed by atoms with E-state index in [0.717, 1.165) is 0 Å². The molecule has 0 aromatic carbocycles. The van der Waals surface area contributed by atoms with Crippen molar-refractivity contribution in [3.05, 3.63) is 35.5 Å². The van der Waals surface area contributed by atoms with Crippen molar-refractivity contribution < 1.29 is 33.7 Å². The molecule has 2 saturated heterocycles. The molecule has 0 aromatic heterocycles. The summed E-state index contributed by atoms with van der Waals surface area (Å²) in [4.78, 5) is 36.6. The van der Waals surface area contributed by atoms with Crippen molar-refractivity contribution in [3.63, 3.8) is 0 Å². The zero-order valence-corrected chi connectivity index (χ0v) is 15.4. The molecule has 7 heteroatoms. The lowest BCUT2D eigenvalue weighted by Crippen LogP contribution is -2.44. The standard InChI is InChI=1S/C20H22O7/c1-9-14-13(25-18(23)20(4)10(2)27-20)7-11(8-21)12-5-6-19(3,24)15(12)16(14)26-17(9)22/h5-6,8,10,13-16,24H,1,7H2,2-4H3/t10?,13-,14-,15?,16+,19-,20?/m1/s1. The highest BCUT2D eigenvalue weighted by Gasteiger charge is 2.60. The third-order valence-corrected chi connectivity index (χ3v) is 6.29. The molecule has 0 amide bonds. The predicted molar refractivity (Wildman–Crippen MR) is 92.3 cm³/mol. The quantitative estimate of drug-likeness (QED) is 0.340. The Hall–Kier alpha value is -2.25. The zero-order chi connectivity index (χ0) is 19.7. The number of carbonyl (C=O) groups excluding carboxylic acids is 3. The van der Waals surface area contributed by atoms with Crippen molar-refractivity contribution in [2.75, 3.05) is 0 Å². The number of carbonyl (C=O) groups is 3. The Kier molecular flexibility index (Phi) is 3.78. The van der Waals surface area contributed by atoms with Gasteiger partial charge in [-0.1, -0.05) is 18.7 Å². The summed E-state index contributed by atoms with van der Waals surface area (Å²) >= 11 is 0. The Bertz CT molecular complexity index is 820. The lowest BCUT2D eigenvalue weighted by atomic mass is 9.78. The van der Waals surface area contributed by atoms with Gasteiger partial charge in [-0.3, -0.25) is 4.79 Å². The highest BCUT2D eigenvalue weighted by atomic mass is 16.7. The van der Waals surface area contributed by atoms with Crippen LogP contribution < -0.4 is 0 Å². The molecule has 7 nitrogen and oxygen atoms in total. The van der Waals surface area contributed by atoms with Gasteiger partial charge in [-0.25, -0.2) is 9.59 Å². The van der Waals surface area contributed by atoms with Crippen LogP contribution in [0.5, 0.6) is 0 Å². The summed E-state index contributed by atoms with van der Waals surface area (Å²) in [7, 11) is 0. The van der Waals surface area contributed by atoms with Crippen molar-refractivity contribution in [3.8, 4) is 0 Å². The van der Waals surface area contributed by atoms with Crippen LogP contribution in [0.1, 0.15) is 27.2 Å². The second-order valence-corrected chi connectivity index (χ2v) is 8.07. The number of aliphatic hydroxyl groups is 1. The molecule has 4 rings (SSSR count). The maximum atomic E-state index is 12.6. The van der Waals surface area contributed by atoms with Crippen molar-refractivity contribution in [1.82, 2.24) is 0 Å². The zero-order valence-electron chi connectivity index (χ0n) is 15.4. The second-order valence-electron chi connectivity index (χ2n) is 8.07. The van der Waals surface area contributed by atoms with Gasteiger partial charge < -0.3 is 19.3 Å². The van der Waals surface area contributed by atoms with Crippen molar-refractivity contribution >= 4 is 18.2 Å². The fourth-order valence-corrected chi connectivity index (χ4v) is 4.41. The van der Waals surface area contributed by atoms with Gasteiger partial charge in [-0.15, -0.1) is 0 Å². The van der Waals surface area contributed by atoms with E-state index in [9.17, 15) is 19.5 Å². The summed E-state index contributed by atoms with van der Waals surface area (Å²) in [5, 5.41) is 10.8. The van der Waals surface area contributed by atoms with E-state index in [1.807, 2.05) is 0 Å². The van der Waals surface area contributed by atoms with Gasteiger partial charge in [0.25, 0.3) is 0 Å². The van der Waals surface area contributed by atoms with Gasteiger partial charge in [0, 0.05) is 12.0 Å². The molecule has 0 radical (unpaired) electrons. The van der Waals surface area contributed by atoms with Crippen LogP contribution in [0, 0.1) is 11.8 Å². The third kappa shape index (κ3) is 2.52. The van der Waals surface area contributed by atoms with E-state index in [4.69, 9.17) is 14.2 Å². The van der Waals surface area contributed by atoms with Gasteiger partial charge >= 0.3 is 11.9 Å². The summed E-state index contributed by atoms with van der Waals surface area (Å²) < 4.78 is 16.6. The fraction of sp³-hybridized carbons (Fsp3) is 0.550. The smallest absolute Gasteiger partial charge is 0.341 e. The Labute approximate surface area is 156 Å². The molecular formula is C20H22O7. The van der Waals surface area contributed by atoms with Crippen LogP contribution >= 0.6 is 0 Å². The van der Waals surface area contributed by atoms with E-state index < -0.39 is 47.2 Å². The number of epoxide rings is 1. The van der Waals surface area contributed by atoms with Gasteiger partial charge in [0.05, 0.1) is 23.5 Å². The molecule has 2 fully saturated rings. The fourth-order valence-electron chi connectivity index (χ4n) is 4.41. The Morgan fingerprint density at radius 1 is 1.44 bits per heavy atom. The molecule has 2 aliphatic heterocycles. The molecule has 2 heterocycles. The lowest BCUT2D eigenvalue weighted by Gasteiger charge is -2.33. The SMILES string of the molecule is C=C1C(=O)O[C@@H]2C3C(=C(C=O)C[C@@H](OC(=O)C4(C)OC4C)[C@@H]12)C=C[C@@]3(C)O. The number of fused-ring (bicyclic) bond motifs is 3. The first kappa shape index (κ1) is 18.1. The second kappa shape index (κ2) is 5.62. The third-order valence-electron chi connectivity index (χ3n) is 6.29. The van der Waals surface area contributed by atoms with Gasteiger partial charge in [-0.05, 0) is 31.9 Å². The van der Waals surface area contributed by atoms with Crippen molar-refractivity contribution in [2.45, 2.75) is 56.7 Å². The first-order chi connectivity index (χ1) is 12.6. The lowest BCUT2D eigenvalue weighted by molar-refractivity contribution is -0.159. The minimum Gasteiger partial charge on any atom is -0.459 e. The molecule has 144 valence electrons. The van der Waals surface area contributed by atoms with E-state index in [1.165, 1.54) is 0 Å². The molecular weight excluding hydrogens is 352 g/mol. The summed E-state index contributed by atoms with van der Waals surface area (Å²) in [6, 6.07) is 0. The maximum absolute atomic E-state index is 12.6. The topological polar surface area (TPSA) is 102 Å². The number of allylic oxidation sites excluding steroid dienone is 1. The molecule has 2 aliphatic carbocycles. The first-order valence-corrected chi connectivity index (χ1v) is 8.98. The number of hydrogen-bond acceptors (Lipinski definition) is 7. The predicted octanol–water partition coefficient (Wildman–Crippen LogP) is 1.01. The molecule has 1 N–H and O–H groups in total. The molecule has 0 spiro atoms. The summed E-state index contributed by atoms with van der Waals surface area (Å²) in [5.41, 5.74) is -1.12. The Morgan fingerprint density at radius 3 is 2.70 bits per heavy atom. The van der Waals surface area contributed by atoms with Crippen molar-refractivity contribution in [2.24, 2.45) is 11.8 Å². The molecule has 0 aromatic rings. The monoisotopic (exact) mass is 374 g/mol. The maximum Gasteiger partial charge on any atom is 0.341 e. The molecule has 3 unspecified atom stereocenters. The van der Waals surface area contributed by atoms with Crippen LogP contribution in [-0.2, 0) is 28.6 Å². The largest absolute Gasteiger partial charge is 0.459 e. The summed E-state index contributed by atoms with van der Waals surface area (Å²) in [6.07, 6.45) is 2.25. The van der Waals surface area contributed by atoms with E-state index in [2.05, 4.69) is 6.58 Å². The van der Waals surface area contributed by atoms with E-state index in [0.29, 0.717) is 17.4 Å². The number of ether oxygens (including phenoxy) is 3. The minimum atomic E-state index is -1.30. The molecule has 4 aliphatic rings. The summed E-state index contributed by atoms with van der Waals surface area (Å²) in [6.45, 7) is 8.83. The van der Waals surface area contributed by atoms with Gasteiger partial charge in [-0.2, -0.15) is 0 Å². The molecule has 0 saturated carbocycles. The van der Waals surface area contributed by atoms with Crippen LogP contribution in [0.15, 0.2) is 35.5 Å². The molecule has 0 bridgehead atoms. The molecule has 27 heavy (non-hydrogen) atoms. The Balaban J connectivity index is 1.74. The van der Waals surface area contributed by atoms with Crippen LogP contribution in [0.2, 0.25) is 0 Å². The van der Waals surface area contributed by atoms with Crippen molar-refractivity contribution in [1.29, 1.82) is 0 Å². The average Bonchev–Trinajstić information content (AvgIpc) is 3.00. The van der Waals surface area contributed by atoms with Gasteiger partial charge in [0.2, 0.25) is 0 Å². The minimum absolute atomic E-state index is 0.114. The van der Waals surface area contributed by atoms with Crippen LogP contribution in [0.3, 0.4) is 0 Å². The Morgan fingerprint density at radius 2 is 2.11 bits per heavy atom. The van der Waals surface area contributed by atoms with Crippen LogP contribution in [0.25, 0.3) is 0 Å². The first-order valence-electron chi connectivity index (χ1n) is 8.98. The molecule has 7 atom stereocenters. The van der Waals surface area contributed by atoms with Gasteiger partial charge in [0.1, 0.15) is 18.5 Å². The van der Waals surface area contributed by atoms with Gasteiger partial charge in [0.15, 0.2) is 5.60 Å². The summed E-state index contributed by atoms with van der Waals surface area (Å²) in [5.74, 6) is -2.40. The number of esters is 2. The average molecular weight is 374 g/mol. The van der Waals surface area contributed by atoms with Crippen LogP contribution in [-0.4, -0.2) is 52.8 Å². The normalized spacial score (nSPS) is 45.1. The van der Waals surface area contributed by atoms with E-state index in [-0.39, 0.29) is 18.1 Å². The number of rotatable bonds is 3. The number of aldehydes is 1.